The van der Waals surface area contributed by atoms with E-state index in [1.165, 1.54) is 0 Å². The minimum Gasteiger partial charge on any atom is -0.348 e. The first-order valence-electron chi connectivity index (χ1n) is 7.93. The number of halogens is 1. The van der Waals surface area contributed by atoms with Gasteiger partial charge in [0.2, 0.25) is 11.8 Å². The van der Waals surface area contributed by atoms with Gasteiger partial charge in [-0.2, -0.15) is 0 Å². The predicted molar refractivity (Wildman–Crippen MR) is 94.2 cm³/mol. The van der Waals surface area contributed by atoms with E-state index in [1.807, 2.05) is 13.0 Å². The molecule has 0 fully saturated rings. The standard InChI is InChI=1S/C19H17ClN2O3/c1-12(13-6-4-7-15(20)9-13)21-17(23)11-22-18(24)10-14-5-2-3-8-16(14)19(22)25/h2-9,12H,10-11H2,1H3,(H,21,23)/t12-/m0/s1. The first-order chi connectivity index (χ1) is 12.0. The van der Waals surface area contributed by atoms with Crippen LogP contribution in [0.4, 0.5) is 0 Å². The van der Waals surface area contributed by atoms with Crippen LogP contribution in [0.25, 0.3) is 0 Å². The highest BCUT2D eigenvalue weighted by Gasteiger charge is 2.32. The van der Waals surface area contributed by atoms with Gasteiger partial charge in [-0.1, -0.05) is 41.9 Å². The van der Waals surface area contributed by atoms with Crippen LogP contribution < -0.4 is 5.32 Å². The molecule has 1 heterocycles. The van der Waals surface area contributed by atoms with Crippen molar-refractivity contribution in [2.24, 2.45) is 0 Å². The fourth-order valence-electron chi connectivity index (χ4n) is 2.85. The molecule has 0 spiro atoms. The molecule has 3 amide bonds. The van der Waals surface area contributed by atoms with Gasteiger partial charge in [0.25, 0.3) is 5.91 Å². The number of benzene rings is 2. The fraction of sp³-hybridized carbons (Fsp3) is 0.211. The molecule has 0 saturated carbocycles. The summed E-state index contributed by atoms with van der Waals surface area (Å²) in [6.45, 7) is 1.52. The van der Waals surface area contributed by atoms with Crippen molar-refractivity contribution in [2.75, 3.05) is 6.54 Å². The van der Waals surface area contributed by atoms with Gasteiger partial charge >= 0.3 is 0 Å². The van der Waals surface area contributed by atoms with Crippen molar-refractivity contribution in [3.8, 4) is 0 Å². The van der Waals surface area contributed by atoms with E-state index in [-0.39, 0.29) is 24.9 Å². The SMILES string of the molecule is C[C@H](NC(=O)CN1C(=O)Cc2ccccc2C1=O)c1cccc(Cl)c1. The predicted octanol–water partition coefficient (Wildman–Crippen LogP) is 2.74. The molecular weight excluding hydrogens is 340 g/mol. The number of nitrogens with zero attached hydrogens (tertiary/aromatic N) is 1. The average Bonchev–Trinajstić information content (AvgIpc) is 2.58. The quantitative estimate of drug-likeness (QED) is 0.856. The van der Waals surface area contributed by atoms with E-state index < -0.39 is 11.8 Å². The summed E-state index contributed by atoms with van der Waals surface area (Å²) in [6.07, 6.45) is 0.124. The molecule has 1 aliphatic heterocycles. The maximum atomic E-state index is 12.5. The van der Waals surface area contributed by atoms with Crippen molar-refractivity contribution in [3.63, 3.8) is 0 Å². The number of hydrogen-bond donors (Lipinski definition) is 1. The molecule has 0 unspecified atom stereocenters. The Balaban J connectivity index is 1.69. The molecule has 0 aromatic heterocycles. The van der Waals surface area contributed by atoms with Crippen LogP contribution in [0.1, 0.15) is 34.5 Å². The lowest BCUT2D eigenvalue weighted by Gasteiger charge is -2.26. The lowest BCUT2D eigenvalue weighted by atomic mass is 9.98. The molecule has 128 valence electrons. The molecule has 25 heavy (non-hydrogen) atoms. The maximum Gasteiger partial charge on any atom is 0.261 e. The van der Waals surface area contributed by atoms with Crippen LogP contribution in [0.2, 0.25) is 5.02 Å². The molecule has 1 N–H and O–H groups in total. The molecule has 2 aromatic rings. The summed E-state index contributed by atoms with van der Waals surface area (Å²) >= 11 is 5.96. The topological polar surface area (TPSA) is 66.5 Å². The van der Waals surface area contributed by atoms with Gasteiger partial charge in [-0.25, -0.2) is 0 Å². The normalized spacial score (nSPS) is 14.9. The molecule has 3 rings (SSSR count). The molecule has 0 saturated heterocycles. The second-order valence-electron chi connectivity index (χ2n) is 5.96. The van der Waals surface area contributed by atoms with Crippen LogP contribution in [0.5, 0.6) is 0 Å². The molecule has 0 radical (unpaired) electrons. The number of rotatable bonds is 4. The number of carbonyl (C=O) groups excluding carboxylic acids is 3. The zero-order valence-corrected chi connectivity index (χ0v) is 14.4. The Bertz CT molecular complexity index is 850. The van der Waals surface area contributed by atoms with Crippen LogP contribution in [0.15, 0.2) is 48.5 Å². The van der Waals surface area contributed by atoms with Crippen LogP contribution in [-0.4, -0.2) is 29.2 Å². The van der Waals surface area contributed by atoms with E-state index in [2.05, 4.69) is 5.32 Å². The van der Waals surface area contributed by atoms with Crippen molar-refractivity contribution in [1.29, 1.82) is 0 Å². The Hall–Kier alpha value is -2.66. The van der Waals surface area contributed by atoms with Crippen molar-refractivity contribution in [1.82, 2.24) is 10.2 Å². The largest absolute Gasteiger partial charge is 0.348 e. The third-order valence-electron chi connectivity index (χ3n) is 4.16. The van der Waals surface area contributed by atoms with Gasteiger partial charge in [0.05, 0.1) is 12.5 Å². The zero-order chi connectivity index (χ0) is 18.0. The average molecular weight is 357 g/mol. The summed E-state index contributed by atoms with van der Waals surface area (Å²) in [6, 6.07) is 13.8. The van der Waals surface area contributed by atoms with E-state index in [4.69, 9.17) is 11.6 Å². The third-order valence-corrected chi connectivity index (χ3v) is 4.40. The molecule has 1 aliphatic rings. The number of hydrogen-bond acceptors (Lipinski definition) is 3. The highest BCUT2D eigenvalue weighted by Crippen LogP contribution is 2.20. The molecule has 5 nitrogen and oxygen atoms in total. The first-order valence-corrected chi connectivity index (χ1v) is 8.31. The second-order valence-corrected chi connectivity index (χ2v) is 6.40. The Morgan fingerprint density at radius 1 is 1.20 bits per heavy atom. The van der Waals surface area contributed by atoms with E-state index >= 15 is 0 Å². The van der Waals surface area contributed by atoms with Crippen molar-refractivity contribution in [3.05, 3.63) is 70.2 Å². The van der Waals surface area contributed by atoms with Gasteiger partial charge in [0, 0.05) is 10.6 Å². The molecular formula is C19H17ClN2O3. The third kappa shape index (κ3) is 3.72. The molecule has 1 atom stereocenters. The van der Waals surface area contributed by atoms with E-state index in [0.29, 0.717) is 16.1 Å². The van der Waals surface area contributed by atoms with Crippen molar-refractivity contribution < 1.29 is 14.4 Å². The Morgan fingerprint density at radius 2 is 1.96 bits per heavy atom. The highest BCUT2D eigenvalue weighted by atomic mass is 35.5. The van der Waals surface area contributed by atoms with Gasteiger partial charge in [-0.3, -0.25) is 19.3 Å². The fourth-order valence-corrected chi connectivity index (χ4v) is 3.05. The van der Waals surface area contributed by atoms with Gasteiger partial charge < -0.3 is 5.32 Å². The lowest BCUT2D eigenvalue weighted by molar-refractivity contribution is -0.133. The summed E-state index contributed by atoms with van der Waals surface area (Å²) in [4.78, 5) is 38.0. The smallest absolute Gasteiger partial charge is 0.261 e. The number of carbonyl (C=O) groups is 3. The second kappa shape index (κ2) is 7.07. The molecule has 0 bridgehead atoms. The minimum absolute atomic E-state index is 0.124. The minimum atomic E-state index is -0.433. The van der Waals surface area contributed by atoms with Crippen molar-refractivity contribution in [2.45, 2.75) is 19.4 Å². The summed E-state index contributed by atoms with van der Waals surface area (Å²) in [5.41, 5.74) is 2.02. The monoisotopic (exact) mass is 356 g/mol. The van der Waals surface area contributed by atoms with E-state index in [9.17, 15) is 14.4 Å². The van der Waals surface area contributed by atoms with E-state index in [0.717, 1.165) is 10.5 Å². The van der Waals surface area contributed by atoms with E-state index in [1.54, 1.807) is 42.5 Å². The number of amides is 3. The summed E-state index contributed by atoms with van der Waals surface area (Å²) in [7, 11) is 0. The maximum absolute atomic E-state index is 12.5. The number of imide groups is 1. The van der Waals surface area contributed by atoms with Crippen LogP contribution in [-0.2, 0) is 16.0 Å². The number of fused-ring (bicyclic) bond motifs is 1. The molecule has 6 heteroatoms. The van der Waals surface area contributed by atoms with Crippen LogP contribution in [0.3, 0.4) is 0 Å². The van der Waals surface area contributed by atoms with Crippen LogP contribution >= 0.6 is 11.6 Å². The first kappa shape index (κ1) is 17.2. The van der Waals surface area contributed by atoms with Crippen molar-refractivity contribution >= 4 is 29.3 Å². The summed E-state index contributed by atoms with van der Waals surface area (Å²) in [5.74, 6) is -1.19. The Morgan fingerprint density at radius 3 is 2.72 bits per heavy atom. The Kier molecular flexibility index (Phi) is 4.86. The molecule has 2 aromatic carbocycles. The van der Waals surface area contributed by atoms with Gasteiger partial charge in [0.1, 0.15) is 6.54 Å². The summed E-state index contributed by atoms with van der Waals surface area (Å²) < 4.78 is 0. The zero-order valence-electron chi connectivity index (χ0n) is 13.7. The lowest BCUT2D eigenvalue weighted by Crippen LogP contribution is -2.47. The van der Waals surface area contributed by atoms with Gasteiger partial charge in [0.15, 0.2) is 0 Å². The van der Waals surface area contributed by atoms with Gasteiger partial charge in [-0.15, -0.1) is 0 Å². The molecule has 0 aliphatic carbocycles. The number of nitrogens with one attached hydrogen (secondary N) is 1. The van der Waals surface area contributed by atoms with Crippen LogP contribution in [0, 0.1) is 0 Å². The highest BCUT2D eigenvalue weighted by molar-refractivity contribution is 6.30. The Labute approximate surface area is 150 Å². The van der Waals surface area contributed by atoms with Gasteiger partial charge in [-0.05, 0) is 36.2 Å². The summed E-state index contributed by atoms with van der Waals surface area (Å²) in [5, 5.41) is 3.37.